The molecule has 6 nitrogen and oxygen atoms in total. The molecule has 0 aromatic rings. The van der Waals surface area contributed by atoms with Gasteiger partial charge >= 0.3 is 5.97 Å². The van der Waals surface area contributed by atoms with Gasteiger partial charge in [0.25, 0.3) is 0 Å². The quantitative estimate of drug-likeness (QED) is 0.541. The minimum absolute atomic E-state index is 0.252. The van der Waals surface area contributed by atoms with Gasteiger partial charge in [-0.05, 0) is 12.8 Å². The summed E-state index contributed by atoms with van der Waals surface area (Å²) < 4.78 is 21.3. The molecule has 0 aliphatic carbocycles. The van der Waals surface area contributed by atoms with Gasteiger partial charge in [0, 0.05) is 14.2 Å². The summed E-state index contributed by atoms with van der Waals surface area (Å²) >= 11 is 0. The summed E-state index contributed by atoms with van der Waals surface area (Å²) in [7, 11) is 4.23. The predicted molar refractivity (Wildman–Crippen MR) is 56.2 cm³/mol. The molecule has 98 valence electrons. The molecule has 2 saturated heterocycles. The van der Waals surface area contributed by atoms with Crippen LogP contribution in [0.3, 0.4) is 0 Å². The van der Waals surface area contributed by atoms with Crippen LogP contribution in [0.15, 0.2) is 0 Å². The summed E-state index contributed by atoms with van der Waals surface area (Å²) in [4.78, 5) is 11.9. The van der Waals surface area contributed by atoms with Gasteiger partial charge in [-0.2, -0.15) is 0 Å². The Labute approximate surface area is 99.8 Å². The molecule has 0 saturated carbocycles. The van der Waals surface area contributed by atoms with Crippen LogP contribution in [0, 0.1) is 5.92 Å². The Morgan fingerprint density at radius 1 is 1.41 bits per heavy atom. The molecule has 2 heterocycles. The topological polar surface area (TPSA) is 74.2 Å². The number of fused-ring (bicyclic) bond motifs is 2. The van der Waals surface area contributed by atoms with Crippen molar-refractivity contribution in [1.29, 1.82) is 0 Å². The van der Waals surface area contributed by atoms with Crippen molar-refractivity contribution in [2.24, 2.45) is 5.92 Å². The van der Waals surface area contributed by atoms with Crippen molar-refractivity contribution >= 4 is 5.97 Å². The lowest BCUT2D eigenvalue weighted by molar-refractivity contribution is -0.256. The summed E-state index contributed by atoms with van der Waals surface area (Å²) in [5, 5.41) is 9.54. The summed E-state index contributed by atoms with van der Waals surface area (Å²) in [6.45, 7) is -0.252. The lowest BCUT2D eigenvalue weighted by Gasteiger charge is -2.40. The molecule has 0 spiro atoms. The molecule has 0 aromatic heterocycles. The van der Waals surface area contributed by atoms with E-state index in [0.29, 0.717) is 12.8 Å². The molecule has 17 heavy (non-hydrogen) atoms. The fraction of sp³-hybridized carbons (Fsp3) is 0.909. The van der Waals surface area contributed by atoms with Crippen molar-refractivity contribution < 1.29 is 28.8 Å². The van der Waals surface area contributed by atoms with Crippen LogP contribution in [0.5, 0.6) is 0 Å². The van der Waals surface area contributed by atoms with E-state index in [0.717, 1.165) is 0 Å². The highest BCUT2D eigenvalue weighted by molar-refractivity contribution is 5.76. The normalized spacial score (nSPS) is 38.4. The van der Waals surface area contributed by atoms with Gasteiger partial charge in [0.05, 0.1) is 13.7 Å². The number of carbonyl (C=O) groups is 1. The second kappa shape index (κ2) is 4.20. The molecule has 2 aliphatic heterocycles. The van der Waals surface area contributed by atoms with Crippen LogP contribution in [0.4, 0.5) is 0 Å². The first-order chi connectivity index (χ1) is 8.10. The number of hydrogen-bond donors (Lipinski definition) is 1. The van der Waals surface area contributed by atoms with Gasteiger partial charge in [-0.15, -0.1) is 0 Å². The number of hydrogen-bond acceptors (Lipinski definition) is 6. The maximum Gasteiger partial charge on any atom is 0.317 e. The van der Waals surface area contributed by atoms with E-state index in [1.165, 1.54) is 21.3 Å². The maximum absolute atomic E-state index is 11.9. The predicted octanol–water partition coefficient (Wildman–Crippen LogP) is -0.312. The molecule has 6 heteroatoms. The number of aliphatic hydroxyl groups is 1. The number of rotatable bonds is 4. The Kier molecular flexibility index (Phi) is 3.15. The molecule has 2 rings (SSSR count). The van der Waals surface area contributed by atoms with Crippen LogP contribution < -0.4 is 0 Å². The lowest BCUT2D eigenvalue weighted by atomic mass is 9.74. The SMILES string of the molecule is COC(=O)[C@@H]1C2(CO)CC[C@@H](O2)C1(OC)OC. The standard InChI is InChI=1S/C11H18O6/c1-14-9(13)8-10(6-12)5-4-7(17-10)11(8,15-2)16-3/h7-8,12H,4-6H2,1-3H3/t7-,8-,10?/m1/s1. The van der Waals surface area contributed by atoms with E-state index in [2.05, 4.69) is 0 Å². The average Bonchev–Trinajstić information content (AvgIpc) is 2.92. The largest absolute Gasteiger partial charge is 0.469 e. The molecule has 3 atom stereocenters. The Morgan fingerprint density at radius 2 is 2.06 bits per heavy atom. The van der Waals surface area contributed by atoms with E-state index in [1.54, 1.807) is 0 Å². The molecular formula is C11H18O6. The van der Waals surface area contributed by atoms with Gasteiger partial charge in [0.1, 0.15) is 17.6 Å². The van der Waals surface area contributed by atoms with Gasteiger partial charge in [0.2, 0.25) is 5.79 Å². The molecule has 1 unspecified atom stereocenters. The molecule has 0 radical (unpaired) electrons. The van der Waals surface area contributed by atoms with E-state index in [9.17, 15) is 9.90 Å². The van der Waals surface area contributed by atoms with Crippen LogP contribution in [-0.2, 0) is 23.7 Å². The third kappa shape index (κ3) is 1.45. The highest BCUT2D eigenvalue weighted by atomic mass is 16.7. The zero-order chi connectivity index (χ0) is 12.7. The Bertz CT molecular complexity index is 313. The number of carbonyl (C=O) groups excluding carboxylic acids is 1. The minimum atomic E-state index is -1.16. The van der Waals surface area contributed by atoms with Crippen molar-refractivity contribution in [1.82, 2.24) is 0 Å². The lowest BCUT2D eigenvalue weighted by Crippen LogP contribution is -2.58. The number of methoxy groups -OCH3 is 3. The van der Waals surface area contributed by atoms with E-state index >= 15 is 0 Å². The summed E-state index contributed by atoms with van der Waals surface area (Å²) in [6, 6.07) is 0. The molecular weight excluding hydrogens is 228 g/mol. The summed E-state index contributed by atoms with van der Waals surface area (Å²) in [5.74, 6) is -2.41. The first-order valence-corrected chi connectivity index (χ1v) is 5.57. The molecule has 1 N–H and O–H groups in total. The monoisotopic (exact) mass is 246 g/mol. The number of aliphatic hydroxyl groups excluding tert-OH is 1. The molecule has 2 fully saturated rings. The fourth-order valence-corrected chi connectivity index (χ4v) is 3.11. The Balaban J connectivity index is 2.43. The highest BCUT2D eigenvalue weighted by Crippen LogP contribution is 2.55. The van der Waals surface area contributed by atoms with Crippen LogP contribution >= 0.6 is 0 Å². The van der Waals surface area contributed by atoms with Gasteiger partial charge < -0.3 is 24.1 Å². The van der Waals surface area contributed by atoms with Crippen LogP contribution in [0.2, 0.25) is 0 Å². The third-order valence-electron chi connectivity index (χ3n) is 3.93. The molecule has 2 aliphatic rings. The zero-order valence-corrected chi connectivity index (χ0v) is 10.3. The highest BCUT2D eigenvalue weighted by Gasteiger charge is 2.72. The number of ether oxygens (including phenoxy) is 4. The van der Waals surface area contributed by atoms with Crippen molar-refractivity contribution in [3.63, 3.8) is 0 Å². The first kappa shape index (κ1) is 12.8. The average molecular weight is 246 g/mol. The number of esters is 1. The second-order valence-electron chi connectivity index (χ2n) is 4.45. The molecule has 0 aromatic carbocycles. The van der Waals surface area contributed by atoms with Crippen LogP contribution in [0.25, 0.3) is 0 Å². The van der Waals surface area contributed by atoms with Gasteiger partial charge in [-0.3, -0.25) is 4.79 Å². The van der Waals surface area contributed by atoms with E-state index in [-0.39, 0.29) is 12.7 Å². The van der Waals surface area contributed by atoms with E-state index in [1.807, 2.05) is 0 Å². The van der Waals surface area contributed by atoms with E-state index in [4.69, 9.17) is 18.9 Å². The smallest absolute Gasteiger partial charge is 0.317 e. The van der Waals surface area contributed by atoms with Crippen LogP contribution in [0.1, 0.15) is 12.8 Å². The van der Waals surface area contributed by atoms with Gasteiger partial charge in [0.15, 0.2) is 0 Å². The van der Waals surface area contributed by atoms with Crippen molar-refractivity contribution in [3.8, 4) is 0 Å². The summed E-state index contributed by atoms with van der Waals surface area (Å²) in [5.41, 5.74) is -0.941. The summed E-state index contributed by atoms with van der Waals surface area (Å²) in [6.07, 6.45) is 0.937. The van der Waals surface area contributed by atoms with Crippen molar-refractivity contribution in [2.75, 3.05) is 27.9 Å². The van der Waals surface area contributed by atoms with Crippen molar-refractivity contribution in [2.45, 2.75) is 30.3 Å². The zero-order valence-electron chi connectivity index (χ0n) is 10.3. The van der Waals surface area contributed by atoms with Crippen LogP contribution in [-0.4, -0.2) is 56.5 Å². The van der Waals surface area contributed by atoms with Crippen molar-refractivity contribution in [3.05, 3.63) is 0 Å². The minimum Gasteiger partial charge on any atom is -0.469 e. The second-order valence-corrected chi connectivity index (χ2v) is 4.45. The first-order valence-electron chi connectivity index (χ1n) is 5.57. The van der Waals surface area contributed by atoms with Gasteiger partial charge in [-0.25, -0.2) is 0 Å². The Morgan fingerprint density at radius 3 is 2.53 bits per heavy atom. The molecule has 0 amide bonds. The maximum atomic E-state index is 11.9. The third-order valence-corrected chi connectivity index (χ3v) is 3.93. The fourth-order valence-electron chi connectivity index (χ4n) is 3.11. The van der Waals surface area contributed by atoms with E-state index < -0.39 is 23.3 Å². The molecule has 2 bridgehead atoms. The van der Waals surface area contributed by atoms with Gasteiger partial charge in [-0.1, -0.05) is 0 Å². The Hall–Kier alpha value is -0.690.